The molecule has 3 atom stereocenters. The summed E-state index contributed by atoms with van der Waals surface area (Å²) in [4.78, 5) is 0. The predicted molar refractivity (Wildman–Crippen MR) is 58.9 cm³/mol. The second-order valence-corrected chi connectivity index (χ2v) is 4.25. The van der Waals surface area contributed by atoms with Gasteiger partial charge in [-0.2, -0.15) is 0 Å². The molecule has 1 saturated heterocycles. The number of hydrogen-bond donors (Lipinski definition) is 2. The average molecular weight is 190 g/mol. The molecule has 0 aliphatic carbocycles. The van der Waals surface area contributed by atoms with Gasteiger partial charge in [0.25, 0.3) is 0 Å². The third-order valence-corrected chi connectivity index (χ3v) is 3.13. The number of rotatable bonds is 1. The zero-order valence-corrected chi connectivity index (χ0v) is 8.61. The van der Waals surface area contributed by atoms with Crippen LogP contribution in [-0.2, 0) is 0 Å². The van der Waals surface area contributed by atoms with Crippen LogP contribution in [0.3, 0.4) is 0 Å². The Kier molecular flexibility index (Phi) is 2.85. The number of nitrogens with one attached hydrogen (secondary N) is 1. The summed E-state index contributed by atoms with van der Waals surface area (Å²) >= 11 is 0. The first-order valence-electron chi connectivity index (χ1n) is 5.31. The van der Waals surface area contributed by atoms with E-state index in [-0.39, 0.29) is 0 Å². The van der Waals surface area contributed by atoms with Gasteiger partial charge in [-0.3, -0.25) is 0 Å². The second-order valence-electron chi connectivity index (χ2n) is 4.25. The molecule has 14 heavy (non-hydrogen) atoms. The summed E-state index contributed by atoms with van der Waals surface area (Å²) in [5, 5.41) is 3.54. The molecule has 3 unspecified atom stereocenters. The van der Waals surface area contributed by atoms with Crippen molar-refractivity contribution in [3.8, 4) is 0 Å². The van der Waals surface area contributed by atoms with E-state index >= 15 is 0 Å². The lowest BCUT2D eigenvalue weighted by molar-refractivity contribution is 0.289. The van der Waals surface area contributed by atoms with Crippen LogP contribution in [0.5, 0.6) is 0 Å². The van der Waals surface area contributed by atoms with E-state index in [1.165, 1.54) is 5.56 Å². The maximum absolute atomic E-state index is 6.07. The van der Waals surface area contributed by atoms with Gasteiger partial charge in [-0.1, -0.05) is 37.3 Å². The van der Waals surface area contributed by atoms with Crippen LogP contribution in [0.4, 0.5) is 0 Å². The fourth-order valence-corrected chi connectivity index (χ4v) is 2.01. The van der Waals surface area contributed by atoms with E-state index in [9.17, 15) is 0 Å². The quantitative estimate of drug-likeness (QED) is 0.707. The molecule has 2 rings (SSSR count). The first kappa shape index (κ1) is 9.69. The van der Waals surface area contributed by atoms with E-state index in [0.29, 0.717) is 18.0 Å². The molecule has 1 fully saturated rings. The van der Waals surface area contributed by atoms with Gasteiger partial charge in [-0.25, -0.2) is 0 Å². The van der Waals surface area contributed by atoms with Gasteiger partial charge in [0.2, 0.25) is 0 Å². The Hall–Kier alpha value is -0.860. The molecule has 1 aliphatic heterocycles. The molecule has 0 spiro atoms. The molecule has 0 bridgehead atoms. The smallest absolute Gasteiger partial charge is 0.0335 e. The van der Waals surface area contributed by atoms with Gasteiger partial charge in [0.05, 0.1) is 0 Å². The fourth-order valence-electron chi connectivity index (χ4n) is 2.01. The van der Waals surface area contributed by atoms with Gasteiger partial charge in [-0.15, -0.1) is 0 Å². The van der Waals surface area contributed by atoms with Crippen LogP contribution < -0.4 is 11.1 Å². The van der Waals surface area contributed by atoms with Crippen LogP contribution in [0.15, 0.2) is 30.3 Å². The highest BCUT2D eigenvalue weighted by molar-refractivity contribution is 5.19. The summed E-state index contributed by atoms with van der Waals surface area (Å²) in [5.74, 6) is 0.593. The number of hydrogen-bond acceptors (Lipinski definition) is 2. The number of piperidine rings is 1. The lowest BCUT2D eigenvalue weighted by Gasteiger charge is -2.33. The Morgan fingerprint density at radius 1 is 1.29 bits per heavy atom. The fraction of sp³-hybridized carbons (Fsp3) is 0.500. The molecule has 2 nitrogen and oxygen atoms in total. The second kappa shape index (κ2) is 4.11. The zero-order chi connectivity index (χ0) is 9.97. The van der Waals surface area contributed by atoms with Gasteiger partial charge >= 0.3 is 0 Å². The van der Waals surface area contributed by atoms with Crippen LogP contribution in [0.2, 0.25) is 0 Å². The first-order valence-corrected chi connectivity index (χ1v) is 5.31. The SMILES string of the molecule is CC1CNC(c2ccccc2)CC1N. The summed E-state index contributed by atoms with van der Waals surface area (Å²) in [5.41, 5.74) is 7.42. The minimum absolute atomic E-state index is 0.335. The van der Waals surface area contributed by atoms with Crippen molar-refractivity contribution in [2.75, 3.05) is 6.54 Å². The minimum atomic E-state index is 0.335. The summed E-state index contributed by atoms with van der Waals surface area (Å²) in [6, 6.07) is 11.3. The molecule has 0 amide bonds. The van der Waals surface area contributed by atoms with Crippen LogP contribution in [0.25, 0.3) is 0 Å². The minimum Gasteiger partial charge on any atom is -0.327 e. The Balaban J connectivity index is 2.07. The normalized spacial score (nSPS) is 32.9. The molecule has 1 heterocycles. The summed E-state index contributed by atoms with van der Waals surface area (Å²) in [6.45, 7) is 3.24. The van der Waals surface area contributed by atoms with Crippen LogP contribution >= 0.6 is 0 Å². The number of benzene rings is 1. The van der Waals surface area contributed by atoms with Crippen molar-refractivity contribution in [1.82, 2.24) is 5.32 Å². The molecule has 1 aromatic rings. The first-order chi connectivity index (χ1) is 6.77. The highest BCUT2D eigenvalue weighted by Crippen LogP contribution is 2.24. The maximum Gasteiger partial charge on any atom is 0.0335 e. The third kappa shape index (κ3) is 1.97. The zero-order valence-electron chi connectivity index (χ0n) is 8.61. The molecule has 0 saturated carbocycles. The van der Waals surface area contributed by atoms with Gasteiger partial charge in [0, 0.05) is 12.1 Å². The van der Waals surface area contributed by atoms with Crippen LogP contribution in [-0.4, -0.2) is 12.6 Å². The Morgan fingerprint density at radius 2 is 2.00 bits per heavy atom. The van der Waals surface area contributed by atoms with Crippen molar-refractivity contribution in [3.63, 3.8) is 0 Å². The van der Waals surface area contributed by atoms with Crippen LogP contribution in [0.1, 0.15) is 24.9 Å². The van der Waals surface area contributed by atoms with Crippen molar-refractivity contribution in [2.45, 2.75) is 25.4 Å². The van der Waals surface area contributed by atoms with E-state index in [1.54, 1.807) is 0 Å². The lowest BCUT2D eigenvalue weighted by atomic mass is 9.88. The lowest BCUT2D eigenvalue weighted by Crippen LogP contribution is -2.45. The molecule has 0 aromatic heterocycles. The van der Waals surface area contributed by atoms with Gasteiger partial charge in [0.1, 0.15) is 0 Å². The highest BCUT2D eigenvalue weighted by Gasteiger charge is 2.24. The summed E-state index contributed by atoms with van der Waals surface area (Å²) < 4.78 is 0. The monoisotopic (exact) mass is 190 g/mol. The topological polar surface area (TPSA) is 38.0 Å². The van der Waals surface area contributed by atoms with Crippen molar-refractivity contribution >= 4 is 0 Å². The third-order valence-electron chi connectivity index (χ3n) is 3.13. The molecule has 2 heteroatoms. The van der Waals surface area contributed by atoms with E-state index in [4.69, 9.17) is 5.73 Å². The van der Waals surface area contributed by atoms with E-state index in [0.717, 1.165) is 13.0 Å². The Bertz CT molecular complexity index is 284. The summed E-state index contributed by atoms with van der Waals surface area (Å²) in [6.07, 6.45) is 1.05. The van der Waals surface area contributed by atoms with E-state index < -0.39 is 0 Å². The molecule has 76 valence electrons. The van der Waals surface area contributed by atoms with Crippen molar-refractivity contribution < 1.29 is 0 Å². The van der Waals surface area contributed by atoms with Gasteiger partial charge < -0.3 is 11.1 Å². The van der Waals surface area contributed by atoms with Crippen molar-refractivity contribution in [2.24, 2.45) is 11.7 Å². The van der Waals surface area contributed by atoms with Gasteiger partial charge in [0.15, 0.2) is 0 Å². The molecular formula is C12H18N2. The molecule has 1 aromatic carbocycles. The van der Waals surface area contributed by atoms with Crippen LogP contribution in [0, 0.1) is 5.92 Å². The molecule has 3 N–H and O–H groups in total. The highest BCUT2D eigenvalue weighted by atomic mass is 15.0. The maximum atomic E-state index is 6.07. The van der Waals surface area contributed by atoms with E-state index in [1.807, 2.05) is 0 Å². The Labute approximate surface area is 85.5 Å². The number of nitrogens with two attached hydrogens (primary N) is 1. The van der Waals surface area contributed by atoms with Crippen molar-refractivity contribution in [3.05, 3.63) is 35.9 Å². The average Bonchev–Trinajstić information content (AvgIpc) is 2.23. The molecule has 0 radical (unpaired) electrons. The standard InChI is InChI=1S/C12H18N2/c1-9-8-14-12(7-11(9)13)10-5-3-2-4-6-10/h2-6,9,11-12,14H,7-8,13H2,1H3. The molecule has 1 aliphatic rings. The molecular weight excluding hydrogens is 172 g/mol. The Morgan fingerprint density at radius 3 is 2.64 bits per heavy atom. The van der Waals surface area contributed by atoms with Crippen molar-refractivity contribution in [1.29, 1.82) is 0 Å². The van der Waals surface area contributed by atoms with Gasteiger partial charge in [-0.05, 0) is 24.4 Å². The summed E-state index contributed by atoms with van der Waals surface area (Å²) in [7, 11) is 0. The largest absolute Gasteiger partial charge is 0.327 e. The predicted octanol–water partition coefficient (Wildman–Crippen LogP) is 1.68. The van der Waals surface area contributed by atoms with E-state index in [2.05, 4.69) is 42.6 Å².